The minimum Gasteiger partial charge on any atom is -0.377 e. The standard InChI is InChI=1S/C33H28ClN9/c34-28-16-25(39-32(23-9-4-6-21(14-23)17-36)30-20-43(42-41-30)26-11-12-26)15-27-31(24(18-37)19-38-33(27)28)40-29(10-5-13-35)22-7-2-1-3-8-22/h1-4,6-9,14-16,19-20,26,29,32,39,41-42H,5,10-12H2,(H,38,40)/t29-,32?/m1/s1/i32D. The molecule has 0 spiro atoms. The molecular weight excluding hydrogens is 558 g/mol. The van der Waals surface area contributed by atoms with Crippen LogP contribution in [0.25, 0.3) is 10.9 Å². The maximum Gasteiger partial charge on any atom is 0.103 e. The molecule has 0 amide bonds. The lowest BCUT2D eigenvalue weighted by Crippen LogP contribution is -2.38. The van der Waals surface area contributed by atoms with Crippen molar-refractivity contribution in [2.75, 3.05) is 10.6 Å². The molecule has 1 aliphatic carbocycles. The summed E-state index contributed by atoms with van der Waals surface area (Å²) in [5.41, 5.74) is 10.7. The number of pyridine rings is 1. The zero-order chi connectivity index (χ0) is 30.7. The van der Waals surface area contributed by atoms with Gasteiger partial charge in [0.2, 0.25) is 0 Å². The molecule has 2 aliphatic rings. The van der Waals surface area contributed by atoms with Crippen LogP contribution in [0.5, 0.6) is 0 Å². The van der Waals surface area contributed by atoms with Crippen LogP contribution in [0.4, 0.5) is 11.4 Å². The Morgan fingerprint density at radius 3 is 2.58 bits per heavy atom. The zero-order valence-electron chi connectivity index (χ0n) is 24.1. The molecule has 9 nitrogen and oxygen atoms in total. The van der Waals surface area contributed by atoms with E-state index in [-0.39, 0.29) is 6.04 Å². The average molecular weight is 587 g/mol. The van der Waals surface area contributed by atoms with Gasteiger partial charge in [0, 0.05) is 35.9 Å². The van der Waals surface area contributed by atoms with Gasteiger partial charge < -0.3 is 16.1 Å². The highest BCUT2D eigenvalue weighted by Crippen LogP contribution is 2.38. The van der Waals surface area contributed by atoms with Crippen molar-refractivity contribution in [1.29, 1.82) is 15.8 Å². The molecule has 0 bridgehead atoms. The predicted molar refractivity (Wildman–Crippen MR) is 166 cm³/mol. The molecule has 4 aromatic rings. The zero-order valence-corrected chi connectivity index (χ0v) is 23.9. The Bertz CT molecular complexity index is 1870. The third-order valence-corrected chi connectivity index (χ3v) is 7.75. The van der Waals surface area contributed by atoms with Crippen molar-refractivity contribution in [1.82, 2.24) is 21.0 Å². The maximum absolute atomic E-state index is 10.1. The van der Waals surface area contributed by atoms with E-state index in [4.69, 9.17) is 11.6 Å². The number of anilines is 2. The van der Waals surface area contributed by atoms with Gasteiger partial charge in [0.25, 0.3) is 0 Å². The van der Waals surface area contributed by atoms with E-state index in [0.29, 0.717) is 68.6 Å². The van der Waals surface area contributed by atoms with Gasteiger partial charge in [0.05, 0.1) is 58.6 Å². The minimum atomic E-state index is -1.55. The number of hydrogen-bond acceptors (Lipinski definition) is 9. The first kappa shape index (κ1) is 26.6. The van der Waals surface area contributed by atoms with Gasteiger partial charge in [-0.2, -0.15) is 15.8 Å². The number of fused-ring (bicyclic) bond motifs is 1. The molecule has 1 aliphatic heterocycles. The predicted octanol–water partition coefficient (Wildman–Crippen LogP) is 6.57. The molecule has 10 heteroatoms. The summed E-state index contributed by atoms with van der Waals surface area (Å²) in [6.07, 6.45) is 6.33. The van der Waals surface area contributed by atoms with Crippen LogP contribution in [0.15, 0.2) is 84.8 Å². The summed E-state index contributed by atoms with van der Waals surface area (Å²) in [5, 5.41) is 38.7. The number of nitrogens with zero attached hydrogens (tertiary/aromatic N) is 5. The number of halogens is 1. The Kier molecular flexibility index (Phi) is 7.62. The third-order valence-electron chi connectivity index (χ3n) is 7.46. The Hall–Kier alpha value is -5.27. The number of nitrogens with one attached hydrogen (secondary N) is 4. The van der Waals surface area contributed by atoms with Gasteiger partial charge in [-0.1, -0.05) is 54.1 Å². The van der Waals surface area contributed by atoms with Crippen LogP contribution in [0.2, 0.25) is 5.02 Å². The lowest BCUT2D eigenvalue weighted by atomic mass is 9.99. The number of hydrogen-bond donors (Lipinski definition) is 4. The Balaban J connectivity index is 1.45. The van der Waals surface area contributed by atoms with Crippen LogP contribution in [0.1, 0.15) is 61.4 Å². The molecule has 1 saturated carbocycles. The number of rotatable bonds is 10. The van der Waals surface area contributed by atoms with Crippen LogP contribution < -0.4 is 21.6 Å². The van der Waals surface area contributed by atoms with Crippen LogP contribution in [0.3, 0.4) is 0 Å². The lowest BCUT2D eigenvalue weighted by molar-refractivity contribution is 0.260. The van der Waals surface area contributed by atoms with Gasteiger partial charge in [-0.3, -0.25) is 9.99 Å². The van der Waals surface area contributed by atoms with Crippen LogP contribution in [-0.2, 0) is 0 Å². The fraction of sp³-hybridized carbons (Fsp3) is 0.212. The van der Waals surface area contributed by atoms with Gasteiger partial charge in [-0.05, 0) is 54.7 Å². The SMILES string of the molecule is [2H]C(Nc1cc(Cl)c2ncc(C#N)c(N[C@H](CCC#N)c3ccccc3)c2c1)(C1=CN(C2CC2)NN1)c1cccc(C#N)c1. The van der Waals surface area contributed by atoms with Crippen molar-refractivity contribution in [3.05, 3.63) is 112 Å². The second-order valence-electron chi connectivity index (χ2n) is 10.4. The van der Waals surface area contributed by atoms with E-state index < -0.39 is 6.02 Å². The Morgan fingerprint density at radius 1 is 1.02 bits per heavy atom. The fourth-order valence-electron chi connectivity index (χ4n) is 5.15. The smallest absolute Gasteiger partial charge is 0.103 e. The first-order valence-electron chi connectivity index (χ1n) is 14.5. The van der Waals surface area contributed by atoms with E-state index in [1.165, 1.54) is 6.20 Å². The number of aromatic nitrogens is 1. The molecule has 1 unspecified atom stereocenters. The molecule has 2 heterocycles. The van der Waals surface area contributed by atoms with E-state index >= 15 is 0 Å². The first-order valence-corrected chi connectivity index (χ1v) is 14.3. The summed E-state index contributed by atoms with van der Waals surface area (Å²) in [6.45, 7) is 0. The second-order valence-corrected chi connectivity index (χ2v) is 10.8. The van der Waals surface area contributed by atoms with Gasteiger partial charge in [-0.15, -0.1) is 5.53 Å². The minimum absolute atomic E-state index is 0.250. The van der Waals surface area contributed by atoms with E-state index in [1.807, 2.05) is 47.6 Å². The van der Waals surface area contributed by atoms with E-state index in [2.05, 4.69) is 44.8 Å². The highest BCUT2D eigenvalue weighted by atomic mass is 35.5. The van der Waals surface area contributed by atoms with Gasteiger partial charge >= 0.3 is 0 Å². The van der Waals surface area contributed by atoms with Crippen molar-refractivity contribution in [2.24, 2.45) is 0 Å². The monoisotopic (exact) mass is 586 g/mol. The summed E-state index contributed by atoms with van der Waals surface area (Å²) in [7, 11) is 0. The first-order chi connectivity index (χ1) is 21.4. The highest BCUT2D eigenvalue weighted by molar-refractivity contribution is 6.35. The van der Waals surface area contributed by atoms with Crippen molar-refractivity contribution >= 4 is 33.9 Å². The van der Waals surface area contributed by atoms with Crippen molar-refractivity contribution in [2.45, 2.75) is 43.8 Å². The van der Waals surface area contributed by atoms with E-state index in [9.17, 15) is 17.2 Å². The van der Waals surface area contributed by atoms with Gasteiger partial charge in [0.1, 0.15) is 6.07 Å². The largest absolute Gasteiger partial charge is 0.377 e. The number of benzene rings is 3. The lowest BCUT2D eigenvalue weighted by Gasteiger charge is -2.24. The number of hydrazine groups is 2. The Morgan fingerprint density at radius 2 is 1.84 bits per heavy atom. The van der Waals surface area contributed by atoms with Gasteiger partial charge in [0.15, 0.2) is 0 Å². The van der Waals surface area contributed by atoms with Crippen molar-refractivity contribution in [3.8, 4) is 18.2 Å². The highest BCUT2D eigenvalue weighted by Gasteiger charge is 2.32. The summed E-state index contributed by atoms with van der Waals surface area (Å²) < 4.78 is 9.76. The maximum atomic E-state index is 10.1. The molecule has 1 aromatic heterocycles. The molecule has 1 fully saturated rings. The molecule has 3 aromatic carbocycles. The molecule has 0 saturated heterocycles. The number of nitriles is 3. The second kappa shape index (κ2) is 12.3. The Labute approximate surface area is 256 Å². The van der Waals surface area contributed by atoms with Crippen LogP contribution >= 0.6 is 11.6 Å². The topological polar surface area (TPSA) is 136 Å². The van der Waals surface area contributed by atoms with Gasteiger partial charge in [-0.25, -0.2) is 0 Å². The molecule has 0 radical (unpaired) electrons. The summed E-state index contributed by atoms with van der Waals surface area (Å²) in [4.78, 5) is 4.49. The van der Waals surface area contributed by atoms with Crippen LogP contribution in [0, 0.1) is 34.0 Å². The summed E-state index contributed by atoms with van der Waals surface area (Å²) >= 11 is 6.81. The molecule has 212 valence electrons. The fourth-order valence-corrected chi connectivity index (χ4v) is 5.42. The normalized spacial score (nSPS) is 16.5. The van der Waals surface area contributed by atoms with E-state index in [0.717, 1.165) is 18.4 Å². The van der Waals surface area contributed by atoms with E-state index in [1.54, 1.807) is 30.3 Å². The third kappa shape index (κ3) is 6.03. The average Bonchev–Trinajstić information content (AvgIpc) is 3.78. The quantitative estimate of drug-likeness (QED) is 0.163. The molecular formula is C33H28ClN9. The summed E-state index contributed by atoms with van der Waals surface area (Å²) in [6, 6.07) is 25.4. The molecule has 6 rings (SSSR count). The summed E-state index contributed by atoms with van der Waals surface area (Å²) in [5.74, 6) is 0. The molecule has 2 atom stereocenters. The van der Waals surface area contributed by atoms with Crippen molar-refractivity contribution < 1.29 is 1.37 Å². The van der Waals surface area contributed by atoms with Crippen LogP contribution in [-0.4, -0.2) is 16.0 Å². The molecule has 43 heavy (non-hydrogen) atoms. The molecule has 4 N–H and O–H groups in total. The van der Waals surface area contributed by atoms with Crippen molar-refractivity contribution in [3.63, 3.8) is 0 Å².